The fraction of sp³-hybridized carbons (Fsp3) is 0.746. The van der Waals surface area contributed by atoms with Crippen molar-refractivity contribution in [2.75, 3.05) is 13.2 Å². The second-order valence-electron chi connectivity index (χ2n) is 18.1. The van der Waals surface area contributed by atoms with Crippen LogP contribution in [0.3, 0.4) is 0 Å². The molecular weight excluding hydrogens is 805 g/mol. The summed E-state index contributed by atoms with van der Waals surface area (Å²) in [5, 5.41) is 0. The molecule has 0 rings (SSSR count). The van der Waals surface area contributed by atoms with E-state index in [-0.39, 0.29) is 37.5 Å². The zero-order chi connectivity index (χ0) is 47.2. The van der Waals surface area contributed by atoms with Crippen LogP contribution in [0.2, 0.25) is 0 Å². The highest BCUT2D eigenvalue weighted by Gasteiger charge is 2.19. The fourth-order valence-corrected chi connectivity index (χ4v) is 7.59. The molecule has 0 aromatic rings. The summed E-state index contributed by atoms with van der Waals surface area (Å²) in [6.07, 6.45) is 67.5. The van der Waals surface area contributed by atoms with Gasteiger partial charge in [0, 0.05) is 19.3 Å². The fourth-order valence-electron chi connectivity index (χ4n) is 7.59. The monoisotopic (exact) mass is 907 g/mol. The minimum absolute atomic E-state index is 0.0971. The van der Waals surface area contributed by atoms with E-state index in [1.54, 1.807) is 0 Å². The van der Waals surface area contributed by atoms with Crippen LogP contribution >= 0.6 is 0 Å². The smallest absolute Gasteiger partial charge is 0.306 e. The molecule has 0 saturated carbocycles. The average molecular weight is 907 g/mol. The molecule has 1 atom stereocenters. The number of carbonyl (C=O) groups is 3. The van der Waals surface area contributed by atoms with Crippen LogP contribution in [0.5, 0.6) is 0 Å². The second kappa shape index (κ2) is 53.5. The maximum absolute atomic E-state index is 12.8. The van der Waals surface area contributed by atoms with Crippen LogP contribution in [0, 0.1) is 0 Å². The van der Waals surface area contributed by atoms with Gasteiger partial charge < -0.3 is 14.2 Å². The molecule has 0 bridgehead atoms. The van der Waals surface area contributed by atoms with E-state index in [4.69, 9.17) is 14.2 Å². The Hall–Kier alpha value is -3.15. The zero-order valence-corrected chi connectivity index (χ0v) is 42.7. The van der Waals surface area contributed by atoms with Crippen LogP contribution in [0.4, 0.5) is 0 Å². The molecule has 0 aliphatic heterocycles. The van der Waals surface area contributed by atoms with Crippen LogP contribution in [-0.4, -0.2) is 37.2 Å². The highest BCUT2D eigenvalue weighted by Crippen LogP contribution is 2.15. The summed E-state index contributed by atoms with van der Waals surface area (Å²) in [5.74, 6) is -0.954. The number of carbonyl (C=O) groups excluding carboxylic acids is 3. The molecule has 0 unspecified atom stereocenters. The molecule has 6 heteroatoms. The highest BCUT2D eigenvalue weighted by molar-refractivity contribution is 5.71. The Morgan fingerprint density at radius 2 is 0.615 bits per heavy atom. The number of hydrogen-bond acceptors (Lipinski definition) is 6. The standard InChI is InChI=1S/C59H102O6/c1-4-7-10-13-16-19-22-25-28-29-32-35-38-41-44-47-50-53-59(62)65-56(54-63-57(60)51-48-45-42-39-36-33-30-26-23-20-17-14-11-8-5-2)55-64-58(61)52-49-46-43-40-37-34-31-27-24-21-18-15-12-9-6-3/h7,10,16,19-20,23,25,28,32,35,41,44,56H,4-6,8-9,11-15,17-18,21-22,24,26-27,29-31,33-34,36-40,42-43,45-55H2,1-3H3/b10-7-,19-16-,23-20-,28-25-,35-32-,44-41-/t56-/m1/s1. The Morgan fingerprint density at radius 3 is 1.02 bits per heavy atom. The maximum atomic E-state index is 12.8. The first-order chi connectivity index (χ1) is 32.0. The van der Waals surface area contributed by atoms with E-state index >= 15 is 0 Å². The summed E-state index contributed by atoms with van der Waals surface area (Å²) in [7, 11) is 0. The van der Waals surface area contributed by atoms with Crippen LogP contribution in [0.25, 0.3) is 0 Å². The summed E-state index contributed by atoms with van der Waals surface area (Å²) < 4.78 is 16.8. The molecule has 0 aromatic carbocycles. The summed E-state index contributed by atoms with van der Waals surface area (Å²) in [6, 6.07) is 0. The summed E-state index contributed by atoms with van der Waals surface area (Å²) in [6.45, 7) is 6.48. The van der Waals surface area contributed by atoms with Gasteiger partial charge >= 0.3 is 17.9 Å². The lowest BCUT2D eigenvalue weighted by atomic mass is 10.0. The van der Waals surface area contributed by atoms with Gasteiger partial charge in [-0.25, -0.2) is 0 Å². The molecule has 0 N–H and O–H groups in total. The quantitative estimate of drug-likeness (QED) is 0.0262. The van der Waals surface area contributed by atoms with Gasteiger partial charge in [0.05, 0.1) is 0 Å². The summed E-state index contributed by atoms with van der Waals surface area (Å²) in [5.41, 5.74) is 0. The Bertz CT molecular complexity index is 1230. The Morgan fingerprint density at radius 1 is 0.323 bits per heavy atom. The SMILES string of the molecule is CC/C=C\C/C=C\C/C=C\C/C=C\C/C=C\CCCC(=O)O[C@H](COC(=O)CCCCCCCCC/C=C\CCCCCC)COC(=O)CCCCCCCCCCCCCCCCC. The molecule has 0 aromatic heterocycles. The van der Waals surface area contributed by atoms with Gasteiger partial charge in [-0.1, -0.05) is 235 Å². The minimum atomic E-state index is -0.805. The first kappa shape index (κ1) is 61.9. The van der Waals surface area contributed by atoms with Crippen molar-refractivity contribution in [1.82, 2.24) is 0 Å². The normalized spacial score (nSPS) is 12.6. The van der Waals surface area contributed by atoms with E-state index in [0.29, 0.717) is 19.3 Å². The molecule has 0 amide bonds. The number of hydrogen-bond donors (Lipinski definition) is 0. The van der Waals surface area contributed by atoms with Crippen molar-refractivity contribution < 1.29 is 28.6 Å². The predicted octanol–water partition coefficient (Wildman–Crippen LogP) is 18.2. The molecule has 0 heterocycles. The van der Waals surface area contributed by atoms with Gasteiger partial charge in [-0.3, -0.25) is 14.4 Å². The van der Waals surface area contributed by atoms with Gasteiger partial charge in [0.1, 0.15) is 13.2 Å². The van der Waals surface area contributed by atoms with E-state index < -0.39 is 6.10 Å². The molecule has 65 heavy (non-hydrogen) atoms. The van der Waals surface area contributed by atoms with E-state index in [1.807, 2.05) is 0 Å². The van der Waals surface area contributed by atoms with Crippen LogP contribution in [0.1, 0.15) is 265 Å². The molecule has 0 spiro atoms. The van der Waals surface area contributed by atoms with Crippen LogP contribution < -0.4 is 0 Å². The van der Waals surface area contributed by atoms with Gasteiger partial charge in [0.2, 0.25) is 0 Å². The number of ether oxygens (including phenoxy) is 3. The van der Waals surface area contributed by atoms with E-state index in [2.05, 4.69) is 93.7 Å². The molecule has 0 saturated heterocycles. The minimum Gasteiger partial charge on any atom is -0.462 e. The van der Waals surface area contributed by atoms with Crippen molar-refractivity contribution in [3.05, 3.63) is 72.9 Å². The van der Waals surface area contributed by atoms with E-state index in [0.717, 1.165) is 77.0 Å². The van der Waals surface area contributed by atoms with Gasteiger partial charge in [0.25, 0.3) is 0 Å². The number of esters is 3. The second-order valence-corrected chi connectivity index (χ2v) is 18.1. The lowest BCUT2D eigenvalue weighted by Crippen LogP contribution is -2.30. The highest BCUT2D eigenvalue weighted by atomic mass is 16.6. The first-order valence-electron chi connectivity index (χ1n) is 27.4. The number of rotatable bonds is 49. The molecular formula is C59H102O6. The Balaban J connectivity index is 4.47. The van der Waals surface area contributed by atoms with Gasteiger partial charge in [0.15, 0.2) is 6.10 Å². The first-order valence-corrected chi connectivity index (χ1v) is 27.4. The predicted molar refractivity (Wildman–Crippen MR) is 279 cm³/mol. The van der Waals surface area contributed by atoms with Crippen molar-refractivity contribution in [2.45, 2.75) is 271 Å². The largest absolute Gasteiger partial charge is 0.462 e. The third kappa shape index (κ3) is 51.7. The lowest BCUT2D eigenvalue weighted by Gasteiger charge is -2.18. The molecule has 0 aliphatic carbocycles. The maximum Gasteiger partial charge on any atom is 0.306 e. The van der Waals surface area contributed by atoms with E-state index in [9.17, 15) is 14.4 Å². The summed E-state index contributed by atoms with van der Waals surface area (Å²) >= 11 is 0. The van der Waals surface area contributed by atoms with Crippen LogP contribution in [0.15, 0.2) is 72.9 Å². The molecule has 6 nitrogen and oxygen atoms in total. The third-order valence-electron chi connectivity index (χ3n) is 11.7. The number of allylic oxidation sites excluding steroid dienone is 12. The van der Waals surface area contributed by atoms with Gasteiger partial charge in [-0.05, 0) is 83.5 Å². The topological polar surface area (TPSA) is 78.9 Å². The molecule has 0 radical (unpaired) electrons. The lowest BCUT2D eigenvalue weighted by molar-refractivity contribution is -0.167. The molecule has 0 aliphatic rings. The van der Waals surface area contributed by atoms with Crippen molar-refractivity contribution >= 4 is 17.9 Å². The third-order valence-corrected chi connectivity index (χ3v) is 11.7. The van der Waals surface area contributed by atoms with Crippen LogP contribution in [-0.2, 0) is 28.6 Å². The van der Waals surface area contributed by atoms with Gasteiger partial charge in [-0.15, -0.1) is 0 Å². The van der Waals surface area contributed by atoms with Crippen molar-refractivity contribution in [3.8, 4) is 0 Å². The summed E-state index contributed by atoms with van der Waals surface area (Å²) in [4.78, 5) is 38.1. The Kier molecular flexibility index (Phi) is 50.9. The number of unbranched alkanes of at least 4 members (excludes halogenated alkanes) is 26. The average Bonchev–Trinajstić information content (AvgIpc) is 3.30. The van der Waals surface area contributed by atoms with Gasteiger partial charge in [-0.2, -0.15) is 0 Å². The zero-order valence-electron chi connectivity index (χ0n) is 42.7. The molecule has 0 fully saturated rings. The molecule has 374 valence electrons. The Labute approximate surface area is 402 Å². The van der Waals surface area contributed by atoms with Crippen molar-refractivity contribution in [1.29, 1.82) is 0 Å². The van der Waals surface area contributed by atoms with E-state index in [1.165, 1.54) is 141 Å². The van der Waals surface area contributed by atoms with Crippen molar-refractivity contribution in [2.24, 2.45) is 0 Å². The van der Waals surface area contributed by atoms with Crippen molar-refractivity contribution in [3.63, 3.8) is 0 Å².